The molecule has 0 N–H and O–H groups in total. The maximum absolute atomic E-state index is 15.2. The van der Waals surface area contributed by atoms with E-state index in [0.29, 0.717) is 37.0 Å². The van der Waals surface area contributed by atoms with E-state index in [1.165, 1.54) is 31.4 Å². The van der Waals surface area contributed by atoms with Crippen LogP contribution in [0, 0.1) is 5.82 Å². The van der Waals surface area contributed by atoms with Crippen molar-refractivity contribution in [2.75, 3.05) is 19.8 Å². The Bertz CT molecular complexity index is 1130. The summed E-state index contributed by atoms with van der Waals surface area (Å²) >= 11 is 0. The van der Waals surface area contributed by atoms with Gasteiger partial charge >= 0.3 is 6.61 Å². The van der Waals surface area contributed by atoms with Gasteiger partial charge in [-0.3, -0.25) is 0 Å². The molecule has 0 bridgehead atoms. The largest absolute Gasteiger partial charge is 0.435 e. The molecule has 1 saturated heterocycles. The zero-order valence-electron chi connectivity index (χ0n) is 22.0. The van der Waals surface area contributed by atoms with Crippen molar-refractivity contribution in [2.45, 2.75) is 77.3 Å². The van der Waals surface area contributed by atoms with Crippen molar-refractivity contribution >= 4 is 10.8 Å². The van der Waals surface area contributed by atoms with Gasteiger partial charge in [0, 0.05) is 18.4 Å². The van der Waals surface area contributed by atoms with Crippen LogP contribution in [0.2, 0.25) is 0 Å². The molecule has 1 aliphatic rings. The molecule has 3 aromatic rings. The maximum atomic E-state index is 15.2. The van der Waals surface area contributed by atoms with Crippen molar-refractivity contribution in [3.8, 4) is 5.75 Å². The van der Waals surface area contributed by atoms with Gasteiger partial charge in [0.2, 0.25) is 0 Å². The van der Waals surface area contributed by atoms with Crippen LogP contribution in [0.15, 0.2) is 54.6 Å². The van der Waals surface area contributed by atoms with Crippen molar-refractivity contribution in [3.05, 3.63) is 77.1 Å². The molecule has 1 fully saturated rings. The van der Waals surface area contributed by atoms with E-state index in [1.54, 1.807) is 12.1 Å². The first-order valence-electron chi connectivity index (χ1n) is 13.6. The van der Waals surface area contributed by atoms with E-state index in [4.69, 9.17) is 14.2 Å². The zero-order chi connectivity index (χ0) is 26.7. The Balaban J connectivity index is 1.24. The first-order valence-corrected chi connectivity index (χ1v) is 13.6. The number of rotatable bonds is 14. The number of halogens is 3. The van der Waals surface area contributed by atoms with Gasteiger partial charge in [0.25, 0.3) is 0 Å². The molecule has 0 unspecified atom stereocenters. The molecule has 1 aliphatic heterocycles. The number of unbranched alkanes of at least 4 members (excludes halogenated alkanes) is 3. The fourth-order valence-electron chi connectivity index (χ4n) is 4.70. The number of hydrogen-bond acceptors (Lipinski definition) is 4. The second kappa shape index (κ2) is 14.5. The van der Waals surface area contributed by atoms with Gasteiger partial charge in [0.05, 0.1) is 13.2 Å². The van der Waals surface area contributed by atoms with Gasteiger partial charge in [-0.05, 0) is 59.9 Å². The van der Waals surface area contributed by atoms with Gasteiger partial charge in [-0.25, -0.2) is 4.39 Å². The van der Waals surface area contributed by atoms with Crippen LogP contribution in [0.4, 0.5) is 13.2 Å². The molecule has 4 nitrogen and oxygen atoms in total. The molecule has 0 atom stereocenters. The maximum Gasteiger partial charge on any atom is 0.387 e. The standard InChI is InChI=1S/C31H37F3O4/c1-2-3-4-5-18-35-27-20-36-29(37-21-27)17-10-23-9-16-28-25(19-23)13-12-24(30(28)32)11-6-22-7-14-26(15-8-22)38-31(33)34/h7-9,12-16,19,27,29,31H,2-6,10-11,17-18,20-21H2,1H3. The molecule has 206 valence electrons. The Kier molecular flexibility index (Phi) is 10.9. The molecular formula is C31H37F3O4. The van der Waals surface area contributed by atoms with Crippen molar-refractivity contribution < 1.29 is 32.1 Å². The fourth-order valence-corrected chi connectivity index (χ4v) is 4.70. The Morgan fingerprint density at radius 3 is 2.37 bits per heavy atom. The smallest absolute Gasteiger partial charge is 0.387 e. The Morgan fingerprint density at radius 2 is 1.63 bits per heavy atom. The number of ether oxygens (including phenoxy) is 4. The number of aryl methyl sites for hydroxylation is 3. The molecule has 0 aliphatic carbocycles. The minimum Gasteiger partial charge on any atom is -0.435 e. The molecule has 0 aromatic heterocycles. The lowest BCUT2D eigenvalue weighted by Crippen LogP contribution is -2.37. The average Bonchev–Trinajstić information content (AvgIpc) is 2.92. The van der Waals surface area contributed by atoms with Crippen molar-refractivity contribution in [3.63, 3.8) is 0 Å². The van der Waals surface area contributed by atoms with Crippen LogP contribution < -0.4 is 4.74 Å². The van der Waals surface area contributed by atoms with Crippen LogP contribution in [0.3, 0.4) is 0 Å². The van der Waals surface area contributed by atoms with E-state index < -0.39 is 6.61 Å². The Morgan fingerprint density at radius 1 is 0.868 bits per heavy atom. The quantitative estimate of drug-likeness (QED) is 0.201. The molecule has 7 heteroatoms. The van der Waals surface area contributed by atoms with Gasteiger partial charge in [0.1, 0.15) is 17.7 Å². The van der Waals surface area contributed by atoms with E-state index in [-0.39, 0.29) is 24.0 Å². The molecule has 3 aromatic carbocycles. The third-order valence-electron chi connectivity index (χ3n) is 6.89. The highest BCUT2D eigenvalue weighted by Crippen LogP contribution is 2.25. The van der Waals surface area contributed by atoms with E-state index in [9.17, 15) is 8.78 Å². The molecule has 0 spiro atoms. The summed E-state index contributed by atoms with van der Waals surface area (Å²) in [5.41, 5.74) is 2.67. The summed E-state index contributed by atoms with van der Waals surface area (Å²) in [5.74, 6) is -0.101. The average molecular weight is 531 g/mol. The lowest BCUT2D eigenvalue weighted by atomic mass is 9.98. The molecule has 0 radical (unpaired) electrons. The van der Waals surface area contributed by atoms with Gasteiger partial charge in [-0.2, -0.15) is 8.78 Å². The van der Waals surface area contributed by atoms with Crippen molar-refractivity contribution in [1.82, 2.24) is 0 Å². The first-order chi connectivity index (χ1) is 18.5. The number of fused-ring (bicyclic) bond motifs is 1. The summed E-state index contributed by atoms with van der Waals surface area (Å²) in [5, 5.41) is 1.45. The second-order valence-corrected chi connectivity index (χ2v) is 9.80. The summed E-state index contributed by atoms with van der Waals surface area (Å²) in [6.07, 6.45) is 7.10. The Hall–Kier alpha value is -2.61. The van der Waals surface area contributed by atoms with Gasteiger partial charge < -0.3 is 18.9 Å². The van der Waals surface area contributed by atoms with E-state index in [1.807, 2.05) is 30.3 Å². The fraction of sp³-hybridized carbons (Fsp3) is 0.484. The third kappa shape index (κ3) is 8.45. The normalized spacial score (nSPS) is 17.8. The van der Waals surface area contributed by atoms with Crippen LogP contribution in [0.5, 0.6) is 5.75 Å². The molecule has 38 heavy (non-hydrogen) atoms. The SMILES string of the molecule is CCCCCCOC1COC(CCc2ccc3c(F)c(CCc4ccc(OC(F)F)cc4)ccc3c2)OC1. The highest BCUT2D eigenvalue weighted by Gasteiger charge is 2.22. The topological polar surface area (TPSA) is 36.9 Å². The summed E-state index contributed by atoms with van der Waals surface area (Å²) < 4.78 is 61.8. The summed E-state index contributed by atoms with van der Waals surface area (Å²) in [6, 6.07) is 16.1. The van der Waals surface area contributed by atoms with Gasteiger partial charge in [0.15, 0.2) is 6.29 Å². The highest BCUT2D eigenvalue weighted by molar-refractivity contribution is 5.84. The summed E-state index contributed by atoms with van der Waals surface area (Å²) in [7, 11) is 0. The van der Waals surface area contributed by atoms with Crippen LogP contribution in [-0.2, 0) is 33.5 Å². The first kappa shape index (κ1) is 28.4. The minimum atomic E-state index is -2.85. The van der Waals surface area contributed by atoms with Crippen LogP contribution in [0.25, 0.3) is 10.8 Å². The van der Waals surface area contributed by atoms with Crippen LogP contribution >= 0.6 is 0 Å². The van der Waals surface area contributed by atoms with E-state index >= 15 is 4.39 Å². The number of hydrogen-bond donors (Lipinski definition) is 0. The second-order valence-electron chi connectivity index (χ2n) is 9.80. The van der Waals surface area contributed by atoms with Crippen molar-refractivity contribution in [2.24, 2.45) is 0 Å². The predicted molar refractivity (Wildman–Crippen MR) is 142 cm³/mol. The highest BCUT2D eigenvalue weighted by atomic mass is 19.3. The van der Waals surface area contributed by atoms with Crippen LogP contribution in [0.1, 0.15) is 55.7 Å². The van der Waals surface area contributed by atoms with Crippen LogP contribution in [-0.4, -0.2) is 38.8 Å². The number of benzene rings is 3. The summed E-state index contributed by atoms with van der Waals surface area (Å²) in [4.78, 5) is 0. The summed E-state index contributed by atoms with van der Waals surface area (Å²) in [6.45, 7) is 1.21. The predicted octanol–water partition coefficient (Wildman–Crippen LogP) is 7.64. The molecule has 4 rings (SSSR count). The van der Waals surface area contributed by atoms with E-state index in [2.05, 4.69) is 11.7 Å². The lowest BCUT2D eigenvalue weighted by molar-refractivity contribution is -0.227. The van der Waals surface area contributed by atoms with Gasteiger partial charge in [-0.1, -0.05) is 68.7 Å². The molecular weight excluding hydrogens is 493 g/mol. The monoisotopic (exact) mass is 530 g/mol. The third-order valence-corrected chi connectivity index (χ3v) is 6.89. The van der Waals surface area contributed by atoms with Crippen molar-refractivity contribution in [1.29, 1.82) is 0 Å². The van der Waals surface area contributed by atoms with E-state index in [0.717, 1.165) is 42.4 Å². The minimum absolute atomic E-state index is 0.00424. The lowest BCUT2D eigenvalue weighted by Gasteiger charge is -2.29. The zero-order valence-corrected chi connectivity index (χ0v) is 22.0. The Labute approximate surface area is 223 Å². The molecule has 0 saturated carbocycles. The van der Waals surface area contributed by atoms with Gasteiger partial charge in [-0.15, -0.1) is 0 Å². The molecule has 1 heterocycles. The molecule has 0 amide bonds. The number of alkyl halides is 2.